The molecule has 0 bridgehead atoms. The number of ether oxygens (including phenoxy) is 1. The Kier molecular flexibility index (Phi) is 14.7. The molecule has 1 fully saturated rings. The number of esters is 1. The molecule has 186 valence electrons. The lowest BCUT2D eigenvalue weighted by molar-refractivity contribution is -0.145. The van der Waals surface area contributed by atoms with Crippen molar-refractivity contribution in [2.24, 2.45) is 17.8 Å². The maximum Gasteiger partial charge on any atom is 0.303 e. The minimum Gasteiger partial charge on any atom is -0.458 e. The van der Waals surface area contributed by atoms with Gasteiger partial charge >= 0.3 is 5.97 Å². The zero-order valence-corrected chi connectivity index (χ0v) is 20.4. The van der Waals surface area contributed by atoms with Gasteiger partial charge in [-0.1, -0.05) is 64.5 Å². The Hall–Kier alpha value is -1.24. The molecule has 0 heterocycles. The van der Waals surface area contributed by atoms with E-state index < -0.39 is 18.2 Å². The van der Waals surface area contributed by atoms with Crippen molar-refractivity contribution in [1.82, 2.24) is 0 Å². The van der Waals surface area contributed by atoms with Crippen LogP contribution in [0.2, 0.25) is 0 Å². The second kappa shape index (κ2) is 16.4. The minimum absolute atomic E-state index is 0.0333. The molecule has 0 saturated heterocycles. The van der Waals surface area contributed by atoms with Crippen LogP contribution in [0, 0.1) is 17.8 Å². The van der Waals surface area contributed by atoms with Crippen LogP contribution in [0.3, 0.4) is 0 Å². The molecule has 32 heavy (non-hydrogen) atoms. The molecule has 6 nitrogen and oxygen atoms in total. The summed E-state index contributed by atoms with van der Waals surface area (Å²) in [7, 11) is 0. The number of carbonyl (C=O) groups excluding carboxylic acids is 2. The zero-order valence-electron chi connectivity index (χ0n) is 20.4. The van der Waals surface area contributed by atoms with Crippen LogP contribution >= 0.6 is 0 Å². The van der Waals surface area contributed by atoms with Gasteiger partial charge in [-0.2, -0.15) is 0 Å². The number of aliphatic hydroxyl groups excluding tert-OH is 3. The molecule has 0 amide bonds. The second-order valence-electron chi connectivity index (χ2n) is 9.59. The lowest BCUT2D eigenvalue weighted by atomic mass is 9.87. The summed E-state index contributed by atoms with van der Waals surface area (Å²) in [5.41, 5.74) is 0. The Balaban J connectivity index is 2.32. The number of hydrogen-bond donors (Lipinski definition) is 3. The molecule has 0 radical (unpaired) electrons. The summed E-state index contributed by atoms with van der Waals surface area (Å²) in [6, 6.07) is 0. The molecule has 3 N–H and O–H groups in total. The number of hydrogen-bond acceptors (Lipinski definition) is 6. The predicted octanol–water partition coefficient (Wildman–Crippen LogP) is 4.34. The summed E-state index contributed by atoms with van der Waals surface area (Å²) in [6.07, 6.45) is 13.0. The molecular weight excluding hydrogens is 408 g/mol. The van der Waals surface area contributed by atoms with E-state index in [4.69, 9.17) is 4.74 Å². The maximum atomic E-state index is 11.6. The summed E-state index contributed by atoms with van der Waals surface area (Å²) < 4.78 is 4.70. The van der Waals surface area contributed by atoms with Crippen molar-refractivity contribution in [2.75, 3.05) is 6.61 Å². The minimum atomic E-state index is -0.538. The molecule has 0 spiro atoms. The Morgan fingerprint density at radius 2 is 1.78 bits per heavy atom. The van der Waals surface area contributed by atoms with Crippen LogP contribution in [-0.4, -0.2) is 52.0 Å². The van der Waals surface area contributed by atoms with Crippen molar-refractivity contribution in [3.63, 3.8) is 0 Å². The Bertz CT molecular complexity index is 561. The van der Waals surface area contributed by atoms with Crippen LogP contribution < -0.4 is 0 Å². The highest BCUT2D eigenvalue weighted by Gasteiger charge is 2.39. The summed E-state index contributed by atoms with van der Waals surface area (Å²) >= 11 is 0. The average Bonchev–Trinajstić information content (AvgIpc) is 3.01. The third-order valence-electron chi connectivity index (χ3n) is 6.75. The first-order valence-electron chi connectivity index (χ1n) is 12.6. The normalized spacial score (nSPS) is 25.2. The number of aliphatic hydroxyl groups is 3. The Morgan fingerprint density at radius 1 is 1.06 bits per heavy atom. The van der Waals surface area contributed by atoms with E-state index in [1.807, 2.05) is 12.2 Å². The molecule has 0 aromatic heterocycles. The fraction of sp³-hybridized carbons (Fsp3) is 0.846. The Morgan fingerprint density at radius 3 is 2.47 bits per heavy atom. The highest BCUT2D eigenvalue weighted by molar-refractivity contribution is 5.81. The van der Waals surface area contributed by atoms with Crippen LogP contribution in [0.15, 0.2) is 12.2 Å². The molecule has 6 atom stereocenters. The quantitative estimate of drug-likeness (QED) is 0.172. The molecule has 0 aromatic carbocycles. The SMILES string of the molecule is CCCCCC(C)C(O)CC=C[C@@H]1[C@@H](CCCCCCC(=O)COC(C)=O)[C@@H](O)C[C@H]1O. The van der Waals surface area contributed by atoms with E-state index >= 15 is 0 Å². The molecule has 1 aliphatic carbocycles. The summed E-state index contributed by atoms with van der Waals surface area (Å²) in [4.78, 5) is 22.3. The van der Waals surface area contributed by atoms with E-state index in [0.29, 0.717) is 19.3 Å². The van der Waals surface area contributed by atoms with Gasteiger partial charge in [0.2, 0.25) is 0 Å². The summed E-state index contributed by atoms with van der Waals surface area (Å²) in [6.45, 7) is 5.43. The van der Waals surface area contributed by atoms with Crippen molar-refractivity contribution in [3.8, 4) is 0 Å². The number of unbranched alkanes of at least 4 members (excludes halogenated alkanes) is 5. The first-order valence-corrected chi connectivity index (χ1v) is 12.6. The highest BCUT2D eigenvalue weighted by Crippen LogP contribution is 2.37. The molecule has 1 rings (SSSR count). The lowest BCUT2D eigenvalue weighted by Crippen LogP contribution is -2.21. The summed E-state index contributed by atoms with van der Waals surface area (Å²) in [5, 5.41) is 31.2. The smallest absolute Gasteiger partial charge is 0.303 e. The van der Waals surface area contributed by atoms with Crippen LogP contribution in [0.5, 0.6) is 0 Å². The van der Waals surface area contributed by atoms with Gasteiger partial charge in [-0.15, -0.1) is 0 Å². The van der Waals surface area contributed by atoms with Gasteiger partial charge in [0.15, 0.2) is 5.78 Å². The molecule has 1 saturated carbocycles. The fourth-order valence-corrected chi connectivity index (χ4v) is 4.60. The largest absolute Gasteiger partial charge is 0.458 e. The molecule has 0 aliphatic heterocycles. The standard InChI is InChI=1S/C26H46O6/c1-4-5-8-12-19(2)24(29)16-11-15-23-22(25(30)17-26(23)31)14-10-7-6-9-13-21(28)18-32-20(3)27/h11,15,19,22-26,29-31H,4-10,12-14,16-18H2,1-3H3/t19?,22-,23-,24?,25+,26-/m1/s1. The Labute approximate surface area is 194 Å². The van der Waals surface area contributed by atoms with Crippen molar-refractivity contribution in [3.05, 3.63) is 12.2 Å². The number of ketones is 1. The maximum absolute atomic E-state index is 11.6. The average molecular weight is 455 g/mol. The van der Waals surface area contributed by atoms with E-state index in [2.05, 4.69) is 13.8 Å². The van der Waals surface area contributed by atoms with E-state index in [0.717, 1.165) is 44.9 Å². The third-order valence-corrected chi connectivity index (χ3v) is 6.75. The van der Waals surface area contributed by atoms with Crippen molar-refractivity contribution in [2.45, 2.75) is 116 Å². The van der Waals surface area contributed by atoms with E-state index in [1.165, 1.54) is 19.8 Å². The van der Waals surface area contributed by atoms with E-state index in [9.17, 15) is 24.9 Å². The van der Waals surface area contributed by atoms with Gasteiger partial charge in [0.05, 0.1) is 18.3 Å². The first-order chi connectivity index (χ1) is 15.3. The fourth-order valence-electron chi connectivity index (χ4n) is 4.60. The molecule has 2 unspecified atom stereocenters. The van der Waals surface area contributed by atoms with Crippen molar-refractivity contribution >= 4 is 11.8 Å². The molecule has 0 aromatic rings. The monoisotopic (exact) mass is 454 g/mol. The predicted molar refractivity (Wildman–Crippen MR) is 126 cm³/mol. The van der Waals surface area contributed by atoms with Gasteiger partial charge in [0.1, 0.15) is 6.61 Å². The lowest BCUT2D eigenvalue weighted by Gasteiger charge is -2.21. The number of Topliss-reactive ketones (excluding diaryl/α,β-unsaturated/α-hetero) is 1. The summed E-state index contributed by atoms with van der Waals surface area (Å²) in [5.74, 6) is -0.261. The van der Waals surface area contributed by atoms with Gasteiger partial charge in [-0.25, -0.2) is 0 Å². The number of rotatable bonds is 17. The van der Waals surface area contributed by atoms with Gasteiger partial charge in [-0.3, -0.25) is 9.59 Å². The van der Waals surface area contributed by atoms with Crippen molar-refractivity contribution < 1.29 is 29.6 Å². The second-order valence-corrected chi connectivity index (χ2v) is 9.59. The van der Waals surface area contributed by atoms with Gasteiger partial charge in [0, 0.05) is 25.7 Å². The van der Waals surface area contributed by atoms with Crippen LogP contribution in [0.1, 0.15) is 97.8 Å². The molecule has 6 heteroatoms. The molecular formula is C26H46O6. The topological polar surface area (TPSA) is 104 Å². The van der Waals surface area contributed by atoms with E-state index in [1.54, 1.807) is 0 Å². The molecule has 1 aliphatic rings. The number of carbonyl (C=O) groups is 2. The van der Waals surface area contributed by atoms with E-state index in [-0.39, 0.29) is 36.2 Å². The van der Waals surface area contributed by atoms with Crippen LogP contribution in [-0.2, 0) is 14.3 Å². The van der Waals surface area contributed by atoms with Gasteiger partial charge < -0.3 is 20.1 Å². The van der Waals surface area contributed by atoms with Gasteiger partial charge in [0.25, 0.3) is 0 Å². The first kappa shape index (κ1) is 28.8. The highest BCUT2D eigenvalue weighted by atomic mass is 16.5. The zero-order chi connectivity index (χ0) is 23.9. The van der Waals surface area contributed by atoms with Crippen molar-refractivity contribution in [1.29, 1.82) is 0 Å². The van der Waals surface area contributed by atoms with Gasteiger partial charge in [-0.05, 0) is 37.5 Å². The third kappa shape index (κ3) is 11.6. The van der Waals surface area contributed by atoms with Crippen LogP contribution in [0.25, 0.3) is 0 Å². The van der Waals surface area contributed by atoms with Crippen LogP contribution in [0.4, 0.5) is 0 Å².